The zero-order valence-corrected chi connectivity index (χ0v) is 12.5. The van der Waals surface area contributed by atoms with E-state index < -0.39 is 0 Å². The number of unbranched alkanes of at least 4 members (excludes halogenated alkanes) is 1. The third-order valence-electron chi connectivity index (χ3n) is 3.18. The Hall–Kier alpha value is -1.32. The largest absolute Gasteiger partial charge is 0.476 e. The van der Waals surface area contributed by atoms with Crippen molar-refractivity contribution in [1.29, 1.82) is 0 Å². The summed E-state index contributed by atoms with van der Waals surface area (Å²) in [7, 11) is 0. The molecule has 19 heavy (non-hydrogen) atoms. The summed E-state index contributed by atoms with van der Waals surface area (Å²) in [4.78, 5) is 8.55. The van der Waals surface area contributed by atoms with Gasteiger partial charge in [0.25, 0.3) is 0 Å². The molecule has 0 amide bonds. The van der Waals surface area contributed by atoms with Crippen LogP contribution in [0.2, 0.25) is 0 Å². The minimum Gasteiger partial charge on any atom is -0.476 e. The Morgan fingerprint density at radius 2 is 2.05 bits per heavy atom. The average Bonchev–Trinajstić information content (AvgIpc) is 2.46. The molecule has 0 saturated carbocycles. The number of aromatic nitrogens is 2. The average molecular weight is 265 g/mol. The van der Waals surface area contributed by atoms with Crippen LogP contribution in [0.3, 0.4) is 0 Å². The molecule has 0 aromatic carbocycles. The molecule has 1 atom stereocenters. The van der Waals surface area contributed by atoms with Crippen LogP contribution >= 0.6 is 0 Å². The molecule has 0 radical (unpaired) electrons. The van der Waals surface area contributed by atoms with Gasteiger partial charge in [0.15, 0.2) is 0 Å². The van der Waals surface area contributed by atoms with Crippen molar-refractivity contribution in [3.63, 3.8) is 0 Å². The van der Waals surface area contributed by atoms with E-state index in [1.165, 1.54) is 19.3 Å². The third kappa shape index (κ3) is 6.41. The van der Waals surface area contributed by atoms with E-state index in [0.29, 0.717) is 11.8 Å². The molecule has 108 valence electrons. The van der Waals surface area contributed by atoms with Gasteiger partial charge in [-0.1, -0.05) is 40.0 Å². The lowest BCUT2D eigenvalue weighted by molar-refractivity contribution is 0.225. The molecule has 0 saturated heterocycles. The first kappa shape index (κ1) is 15.7. The first-order chi connectivity index (χ1) is 9.30. The highest BCUT2D eigenvalue weighted by Crippen LogP contribution is 2.15. The van der Waals surface area contributed by atoms with Crippen LogP contribution in [0.25, 0.3) is 0 Å². The van der Waals surface area contributed by atoms with Gasteiger partial charge in [-0.05, 0) is 18.8 Å². The van der Waals surface area contributed by atoms with Crippen LogP contribution < -0.4 is 10.1 Å². The Morgan fingerprint density at radius 1 is 1.21 bits per heavy atom. The van der Waals surface area contributed by atoms with Crippen LogP contribution in [0.5, 0.6) is 5.88 Å². The maximum absolute atomic E-state index is 5.76. The zero-order chi connectivity index (χ0) is 13.9. The van der Waals surface area contributed by atoms with E-state index in [4.69, 9.17) is 4.74 Å². The normalized spacial score (nSPS) is 12.2. The second kappa shape index (κ2) is 9.59. The molecule has 0 aliphatic carbocycles. The third-order valence-corrected chi connectivity index (χ3v) is 3.18. The van der Waals surface area contributed by atoms with Gasteiger partial charge < -0.3 is 10.1 Å². The van der Waals surface area contributed by atoms with Gasteiger partial charge in [0.2, 0.25) is 5.88 Å². The molecular weight excluding hydrogens is 238 g/mol. The van der Waals surface area contributed by atoms with Gasteiger partial charge in [-0.15, -0.1) is 0 Å². The Labute approximate surface area is 117 Å². The smallest absolute Gasteiger partial charge is 0.234 e. The summed E-state index contributed by atoms with van der Waals surface area (Å²) in [6, 6.07) is 0. The minimum absolute atomic E-state index is 0.619. The van der Waals surface area contributed by atoms with E-state index >= 15 is 0 Å². The standard InChI is InChI=1S/C15H27N3O/c1-4-7-8-13(6-3)12-19-15-11-16-10-14(18-15)17-9-5-2/h10-11,13H,4-9,12H2,1-3H3,(H,17,18). The fourth-order valence-corrected chi connectivity index (χ4v) is 1.86. The quantitative estimate of drug-likeness (QED) is 0.697. The highest BCUT2D eigenvalue weighted by molar-refractivity contribution is 5.32. The summed E-state index contributed by atoms with van der Waals surface area (Å²) >= 11 is 0. The van der Waals surface area contributed by atoms with Gasteiger partial charge in [-0.3, -0.25) is 4.98 Å². The molecule has 1 N–H and O–H groups in total. The van der Waals surface area contributed by atoms with Gasteiger partial charge in [0.1, 0.15) is 5.82 Å². The Morgan fingerprint density at radius 3 is 2.74 bits per heavy atom. The van der Waals surface area contributed by atoms with E-state index in [0.717, 1.165) is 31.8 Å². The minimum atomic E-state index is 0.619. The van der Waals surface area contributed by atoms with E-state index in [2.05, 4.69) is 36.1 Å². The summed E-state index contributed by atoms with van der Waals surface area (Å²) < 4.78 is 5.76. The molecule has 4 nitrogen and oxygen atoms in total. The zero-order valence-electron chi connectivity index (χ0n) is 12.5. The highest BCUT2D eigenvalue weighted by Gasteiger charge is 2.08. The van der Waals surface area contributed by atoms with Gasteiger partial charge in [0, 0.05) is 6.54 Å². The monoisotopic (exact) mass is 265 g/mol. The predicted octanol–water partition coefficient (Wildman–Crippen LogP) is 3.89. The molecular formula is C15H27N3O. The lowest BCUT2D eigenvalue weighted by Gasteiger charge is -2.15. The molecule has 0 spiro atoms. The summed E-state index contributed by atoms with van der Waals surface area (Å²) in [5.41, 5.74) is 0. The number of nitrogens with zero attached hydrogens (tertiary/aromatic N) is 2. The maximum Gasteiger partial charge on any atom is 0.234 e. The number of ether oxygens (including phenoxy) is 1. The summed E-state index contributed by atoms with van der Waals surface area (Å²) in [5, 5.41) is 3.22. The van der Waals surface area contributed by atoms with Crippen molar-refractivity contribution in [2.24, 2.45) is 5.92 Å². The molecule has 4 heteroatoms. The second-order valence-electron chi connectivity index (χ2n) is 4.90. The Balaban J connectivity index is 2.42. The number of nitrogens with one attached hydrogen (secondary N) is 1. The van der Waals surface area contributed by atoms with Gasteiger partial charge >= 0.3 is 0 Å². The van der Waals surface area contributed by atoms with Crippen LogP contribution in [0, 0.1) is 5.92 Å². The summed E-state index contributed by atoms with van der Waals surface area (Å²) in [6.45, 7) is 8.21. The van der Waals surface area contributed by atoms with Crippen LogP contribution in [-0.4, -0.2) is 23.1 Å². The van der Waals surface area contributed by atoms with Crippen molar-refractivity contribution in [3.05, 3.63) is 12.4 Å². The van der Waals surface area contributed by atoms with E-state index in [1.807, 2.05) is 0 Å². The lowest BCUT2D eigenvalue weighted by Crippen LogP contribution is -2.12. The first-order valence-corrected chi connectivity index (χ1v) is 7.48. The van der Waals surface area contributed by atoms with Crippen LogP contribution in [-0.2, 0) is 0 Å². The van der Waals surface area contributed by atoms with Crippen molar-refractivity contribution < 1.29 is 4.74 Å². The van der Waals surface area contributed by atoms with E-state index in [-0.39, 0.29) is 0 Å². The highest BCUT2D eigenvalue weighted by atomic mass is 16.5. The predicted molar refractivity (Wildman–Crippen MR) is 79.6 cm³/mol. The van der Waals surface area contributed by atoms with Crippen molar-refractivity contribution >= 4 is 5.82 Å². The molecule has 0 aliphatic heterocycles. The molecule has 0 fully saturated rings. The fraction of sp³-hybridized carbons (Fsp3) is 0.733. The van der Waals surface area contributed by atoms with E-state index in [1.54, 1.807) is 12.4 Å². The van der Waals surface area contributed by atoms with Crippen LogP contribution in [0.1, 0.15) is 52.9 Å². The van der Waals surface area contributed by atoms with Crippen molar-refractivity contribution in [2.45, 2.75) is 52.9 Å². The number of hydrogen-bond acceptors (Lipinski definition) is 4. The number of anilines is 1. The van der Waals surface area contributed by atoms with E-state index in [9.17, 15) is 0 Å². The maximum atomic E-state index is 5.76. The first-order valence-electron chi connectivity index (χ1n) is 7.48. The van der Waals surface area contributed by atoms with Crippen LogP contribution in [0.15, 0.2) is 12.4 Å². The molecule has 1 unspecified atom stereocenters. The Kier molecular flexibility index (Phi) is 7.94. The summed E-state index contributed by atoms with van der Waals surface area (Å²) in [5.74, 6) is 2.03. The van der Waals surface area contributed by atoms with Gasteiger partial charge in [0.05, 0.1) is 19.0 Å². The van der Waals surface area contributed by atoms with Gasteiger partial charge in [-0.25, -0.2) is 0 Å². The molecule has 0 bridgehead atoms. The molecule has 1 aromatic rings. The van der Waals surface area contributed by atoms with Crippen molar-refractivity contribution in [2.75, 3.05) is 18.5 Å². The second-order valence-corrected chi connectivity index (χ2v) is 4.90. The molecule has 1 aromatic heterocycles. The van der Waals surface area contributed by atoms with Crippen molar-refractivity contribution in [3.8, 4) is 5.88 Å². The number of hydrogen-bond donors (Lipinski definition) is 1. The molecule has 1 heterocycles. The van der Waals surface area contributed by atoms with Gasteiger partial charge in [-0.2, -0.15) is 4.98 Å². The number of rotatable bonds is 10. The molecule has 1 rings (SSSR count). The van der Waals surface area contributed by atoms with Crippen molar-refractivity contribution in [1.82, 2.24) is 9.97 Å². The lowest BCUT2D eigenvalue weighted by atomic mass is 10.0. The SMILES string of the molecule is CCCCC(CC)COc1cncc(NCCC)n1. The topological polar surface area (TPSA) is 47.0 Å². The van der Waals surface area contributed by atoms with Crippen LogP contribution in [0.4, 0.5) is 5.82 Å². The Bertz CT molecular complexity index is 344. The molecule has 0 aliphatic rings. The summed E-state index contributed by atoms with van der Waals surface area (Å²) in [6.07, 6.45) is 9.38. The fourth-order valence-electron chi connectivity index (χ4n) is 1.86.